The molecule has 0 unspecified atom stereocenters. The van der Waals surface area contributed by atoms with Crippen molar-refractivity contribution in [3.8, 4) is 11.8 Å². The van der Waals surface area contributed by atoms with Crippen molar-refractivity contribution in [2.75, 3.05) is 11.3 Å². The van der Waals surface area contributed by atoms with E-state index in [-0.39, 0.29) is 11.7 Å². The molecule has 0 aliphatic rings. The number of hydrogen-bond donors (Lipinski definition) is 3. The number of aromatic nitrogens is 1. The highest BCUT2D eigenvalue weighted by molar-refractivity contribution is 7.91. The number of carbonyl (C=O) groups excluding carboxylic acids is 1. The molecule has 0 saturated heterocycles. The first-order chi connectivity index (χ1) is 9.82. The summed E-state index contributed by atoms with van der Waals surface area (Å²) in [6.45, 7) is 3.14. The minimum Gasteiger partial charge on any atom is -0.446 e. The van der Waals surface area contributed by atoms with Gasteiger partial charge in [-0.3, -0.25) is 0 Å². The molecule has 10 heteroatoms. The summed E-state index contributed by atoms with van der Waals surface area (Å²) in [5.41, 5.74) is 0. The van der Waals surface area contributed by atoms with Gasteiger partial charge in [-0.05, 0) is 13.8 Å². The average molecular weight is 333 g/mol. The van der Waals surface area contributed by atoms with Crippen LogP contribution in [0.1, 0.15) is 25.1 Å². The maximum absolute atomic E-state index is 11.6. The maximum Gasteiger partial charge on any atom is 0.422 e. The molecule has 1 heterocycles. The Labute approximate surface area is 126 Å². The van der Waals surface area contributed by atoms with Gasteiger partial charge in [-0.25, -0.2) is 19.2 Å². The van der Waals surface area contributed by atoms with Gasteiger partial charge in [0.2, 0.25) is 0 Å². The Kier molecular flexibility index (Phi) is 6.41. The Morgan fingerprint density at radius 3 is 2.90 bits per heavy atom. The van der Waals surface area contributed by atoms with Crippen molar-refractivity contribution in [1.29, 1.82) is 0 Å². The van der Waals surface area contributed by atoms with E-state index in [1.54, 1.807) is 18.6 Å². The van der Waals surface area contributed by atoms with E-state index in [0.717, 1.165) is 11.3 Å². The molecule has 1 aromatic heterocycles. The van der Waals surface area contributed by atoms with Gasteiger partial charge in [0.25, 0.3) is 0 Å². The predicted octanol–water partition coefficient (Wildman–Crippen LogP) is 0.668. The fourth-order valence-corrected chi connectivity index (χ4v) is 2.71. The van der Waals surface area contributed by atoms with Crippen molar-refractivity contribution in [2.45, 2.75) is 26.4 Å². The van der Waals surface area contributed by atoms with E-state index >= 15 is 0 Å². The van der Waals surface area contributed by atoms with Crippen LogP contribution in [-0.4, -0.2) is 37.3 Å². The molecular formula is C11H15N3O5S2. The number of carbonyl (C=O) groups is 1. The molecule has 1 amide bonds. The second kappa shape index (κ2) is 7.82. The second-order valence-electron chi connectivity index (χ2n) is 3.97. The Morgan fingerprint density at radius 2 is 2.29 bits per heavy atom. The molecule has 0 aromatic carbocycles. The van der Waals surface area contributed by atoms with Gasteiger partial charge in [0.05, 0.1) is 23.8 Å². The number of amides is 1. The zero-order valence-electron chi connectivity index (χ0n) is 11.4. The van der Waals surface area contributed by atoms with Gasteiger partial charge in [-0.1, -0.05) is 23.2 Å². The van der Waals surface area contributed by atoms with E-state index in [4.69, 9.17) is 5.11 Å². The van der Waals surface area contributed by atoms with Gasteiger partial charge in [-0.15, -0.1) is 0 Å². The smallest absolute Gasteiger partial charge is 0.422 e. The largest absolute Gasteiger partial charge is 0.446 e. The maximum atomic E-state index is 11.6. The summed E-state index contributed by atoms with van der Waals surface area (Å²) in [6.07, 6.45) is 0.200. The van der Waals surface area contributed by atoms with E-state index in [1.165, 1.54) is 6.20 Å². The van der Waals surface area contributed by atoms with Gasteiger partial charge < -0.3 is 9.84 Å². The number of anilines is 1. The van der Waals surface area contributed by atoms with Crippen molar-refractivity contribution in [2.24, 2.45) is 0 Å². The monoisotopic (exact) mass is 333 g/mol. The fourth-order valence-electron chi connectivity index (χ4n) is 1.07. The van der Waals surface area contributed by atoms with Crippen LogP contribution in [0.4, 0.5) is 9.93 Å². The molecule has 8 nitrogen and oxygen atoms in total. The van der Waals surface area contributed by atoms with Crippen molar-refractivity contribution in [1.82, 2.24) is 9.71 Å². The minimum absolute atomic E-state index is 0.0484. The van der Waals surface area contributed by atoms with E-state index in [9.17, 15) is 13.2 Å². The summed E-state index contributed by atoms with van der Waals surface area (Å²) in [5.74, 6) is 5.40. The SMILES string of the molecule is CC(C)OC(=O)NS(=O)(=O)Nc1ncc(C#CCCO)s1. The van der Waals surface area contributed by atoms with Crippen LogP contribution in [0.15, 0.2) is 6.20 Å². The van der Waals surface area contributed by atoms with Gasteiger partial charge in [0.15, 0.2) is 5.13 Å². The standard InChI is InChI=1S/C11H15N3O5S2/c1-8(2)19-11(16)14-21(17,18)13-10-12-7-9(20-10)5-3-4-6-15/h7-8,15H,4,6H2,1-2H3,(H,12,13)(H,14,16). The van der Waals surface area contributed by atoms with Gasteiger partial charge in [-0.2, -0.15) is 8.42 Å². The highest BCUT2D eigenvalue weighted by Crippen LogP contribution is 2.17. The summed E-state index contributed by atoms with van der Waals surface area (Å²) in [4.78, 5) is 15.6. The van der Waals surface area contributed by atoms with Crippen LogP contribution in [0.2, 0.25) is 0 Å². The first kappa shape index (κ1) is 17.2. The lowest BCUT2D eigenvalue weighted by Gasteiger charge is -2.09. The normalized spacial score (nSPS) is 10.7. The number of nitrogens with one attached hydrogen (secondary N) is 2. The van der Waals surface area contributed by atoms with Crippen LogP contribution in [0.25, 0.3) is 0 Å². The topological polar surface area (TPSA) is 118 Å². The average Bonchev–Trinajstić information content (AvgIpc) is 2.74. The first-order valence-corrected chi connectivity index (χ1v) is 8.19. The molecule has 0 fully saturated rings. The highest BCUT2D eigenvalue weighted by atomic mass is 32.2. The Bertz CT molecular complexity index is 642. The number of hydrogen-bond acceptors (Lipinski definition) is 7. The van der Waals surface area contributed by atoms with Gasteiger partial charge >= 0.3 is 16.3 Å². The van der Waals surface area contributed by atoms with Crippen molar-refractivity contribution in [3.05, 3.63) is 11.1 Å². The lowest BCUT2D eigenvalue weighted by Crippen LogP contribution is -2.36. The summed E-state index contributed by atoms with van der Waals surface area (Å²) in [7, 11) is -4.11. The minimum atomic E-state index is -4.11. The zero-order valence-corrected chi connectivity index (χ0v) is 13.0. The van der Waals surface area contributed by atoms with E-state index in [1.807, 2.05) is 0 Å². The Morgan fingerprint density at radius 1 is 1.57 bits per heavy atom. The Balaban J connectivity index is 2.64. The molecule has 3 N–H and O–H groups in total. The summed E-state index contributed by atoms with van der Waals surface area (Å²) in [5, 5.41) is 8.65. The molecule has 0 bridgehead atoms. The molecule has 21 heavy (non-hydrogen) atoms. The molecule has 1 aromatic rings. The predicted molar refractivity (Wildman–Crippen MR) is 78.0 cm³/mol. The molecule has 0 spiro atoms. The van der Waals surface area contributed by atoms with Gasteiger partial charge in [0, 0.05) is 6.42 Å². The molecule has 116 valence electrons. The molecule has 0 aliphatic carbocycles. The number of nitrogens with zero attached hydrogens (tertiary/aromatic N) is 1. The summed E-state index contributed by atoms with van der Waals surface area (Å²) in [6, 6.07) is 0. The van der Waals surface area contributed by atoms with Crippen molar-refractivity contribution in [3.63, 3.8) is 0 Å². The Hall–Kier alpha value is -1.83. The zero-order chi connectivity index (χ0) is 15.9. The first-order valence-electron chi connectivity index (χ1n) is 5.89. The van der Waals surface area contributed by atoms with E-state index in [2.05, 4.69) is 26.3 Å². The van der Waals surface area contributed by atoms with E-state index in [0.29, 0.717) is 11.3 Å². The number of rotatable bonds is 5. The summed E-state index contributed by atoms with van der Waals surface area (Å²) < 4.78 is 31.7. The lowest BCUT2D eigenvalue weighted by molar-refractivity contribution is 0.121. The van der Waals surface area contributed by atoms with Crippen molar-refractivity contribution >= 4 is 32.8 Å². The van der Waals surface area contributed by atoms with Crippen LogP contribution in [0, 0.1) is 11.8 Å². The molecule has 0 radical (unpaired) electrons. The molecule has 0 atom stereocenters. The van der Waals surface area contributed by atoms with Crippen LogP contribution in [-0.2, 0) is 14.9 Å². The van der Waals surface area contributed by atoms with Crippen molar-refractivity contribution < 1.29 is 23.1 Å². The van der Waals surface area contributed by atoms with Crippen LogP contribution in [0.3, 0.4) is 0 Å². The molecule has 0 saturated carbocycles. The number of thiazole rings is 1. The molecular weight excluding hydrogens is 318 g/mol. The van der Waals surface area contributed by atoms with Crippen LogP contribution < -0.4 is 9.44 Å². The van der Waals surface area contributed by atoms with E-state index < -0.39 is 22.4 Å². The number of aliphatic hydroxyl groups is 1. The second-order valence-corrected chi connectivity index (χ2v) is 6.41. The third-order valence-electron chi connectivity index (χ3n) is 1.74. The summed E-state index contributed by atoms with van der Waals surface area (Å²) >= 11 is 1.00. The number of aliphatic hydroxyl groups excluding tert-OH is 1. The molecule has 0 aliphatic heterocycles. The van der Waals surface area contributed by atoms with Crippen LogP contribution >= 0.6 is 11.3 Å². The molecule has 1 rings (SSSR count). The third kappa shape index (κ3) is 6.94. The van der Waals surface area contributed by atoms with Crippen LogP contribution in [0.5, 0.6) is 0 Å². The number of ether oxygens (including phenoxy) is 1. The quantitative estimate of drug-likeness (QED) is 0.682. The highest BCUT2D eigenvalue weighted by Gasteiger charge is 2.17. The lowest BCUT2D eigenvalue weighted by atomic mass is 10.4. The fraction of sp³-hybridized carbons (Fsp3) is 0.455. The third-order valence-corrected chi connectivity index (χ3v) is 3.59. The van der Waals surface area contributed by atoms with Gasteiger partial charge in [0.1, 0.15) is 0 Å².